The molecule has 1 N–H and O–H groups in total. The molecule has 15 heavy (non-hydrogen) atoms. The molecule has 0 radical (unpaired) electrons. The standard InChI is InChI=1S/C14H22O/c1-11-6-8-14(15)7-4-2-3-5-12(11)13(14)9-10-13/h15H,2-10H2,1H3. The Morgan fingerprint density at radius 1 is 0.933 bits per heavy atom. The highest BCUT2D eigenvalue weighted by Crippen LogP contribution is 2.66. The summed E-state index contributed by atoms with van der Waals surface area (Å²) in [5, 5.41) is 10.9. The topological polar surface area (TPSA) is 20.2 Å². The van der Waals surface area contributed by atoms with Gasteiger partial charge in [-0.05, 0) is 51.9 Å². The van der Waals surface area contributed by atoms with Crippen molar-refractivity contribution >= 4 is 0 Å². The SMILES string of the molecule is CC1=C2CCCCCC(O)(CC1)C21CC1. The van der Waals surface area contributed by atoms with Crippen LogP contribution in [0.2, 0.25) is 0 Å². The van der Waals surface area contributed by atoms with E-state index in [4.69, 9.17) is 0 Å². The van der Waals surface area contributed by atoms with Crippen LogP contribution in [0.1, 0.15) is 64.7 Å². The maximum Gasteiger partial charge on any atom is 0.0743 e. The van der Waals surface area contributed by atoms with Crippen LogP contribution in [0.5, 0.6) is 0 Å². The maximum atomic E-state index is 10.9. The average Bonchev–Trinajstić information content (AvgIpc) is 2.98. The Morgan fingerprint density at radius 2 is 1.73 bits per heavy atom. The molecule has 3 aliphatic carbocycles. The molecule has 1 unspecified atom stereocenters. The van der Waals surface area contributed by atoms with Gasteiger partial charge in [0.05, 0.1) is 5.60 Å². The molecule has 0 amide bonds. The molecule has 0 aromatic rings. The first-order valence-corrected chi connectivity index (χ1v) is 6.59. The third-order valence-corrected chi connectivity index (χ3v) is 5.16. The van der Waals surface area contributed by atoms with Crippen molar-refractivity contribution in [3.8, 4) is 0 Å². The van der Waals surface area contributed by atoms with Crippen molar-refractivity contribution in [2.75, 3.05) is 0 Å². The fourth-order valence-corrected chi connectivity index (χ4v) is 4.08. The van der Waals surface area contributed by atoms with Crippen LogP contribution >= 0.6 is 0 Å². The molecule has 84 valence electrons. The third-order valence-electron chi connectivity index (χ3n) is 5.16. The Kier molecular flexibility index (Phi) is 2.04. The Labute approximate surface area is 92.6 Å². The smallest absolute Gasteiger partial charge is 0.0743 e. The fourth-order valence-electron chi connectivity index (χ4n) is 4.08. The monoisotopic (exact) mass is 206 g/mol. The van der Waals surface area contributed by atoms with Gasteiger partial charge in [-0.2, -0.15) is 0 Å². The molecule has 0 saturated heterocycles. The lowest BCUT2D eigenvalue weighted by molar-refractivity contribution is -0.0453. The summed E-state index contributed by atoms with van der Waals surface area (Å²) in [6.45, 7) is 2.30. The van der Waals surface area contributed by atoms with Gasteiger partial charge < -0.3 is 5.11 Å². The van der Waals surface area contributed by atoms with E-state index in [-0.39, 0.29) is 11.0 Å². The molecule has 0 aromatic heterocycles. The van der Waals surface area contributed by atoms with Crippen LogP contribution < -0.4 is 0 Å². The summed E-state index contributed by atoms with van der Waals surface area (Å²) in [4.78, 5) is 0. The van der Waals surface area contributed by atoms with Crippen LogP contribution in [0, 0.1) is 5.41 Å². The van der Waals surface area contributed by atoms with Crippen molar-refractivity contribution < 1.29 is 5.11 Å². The Bertz CT molecular complexity index is 311. The minimum Gasteiger partial charge on any atom is -0.389 e. The van der Waals surface area contributed by atoms with Crippen LogP contribution in [-0.2, 0) is 0 Å². The lowest BCUT2D eigenvalue weighted by atomic mass is 9.64. The summed E-state index contributed by atoms with van der Waals surface area (Å²) in [7, 11) is 0. The number of aliphatic hydroxyl groups is 1. The fraction of sp³-hybridized carbons (Fsp3) is 0.857. The lowest BCUT2D eigenvalue weighted by Gasteiger charge is -2.45. The first-order chi connectivity index (χ1) is 7.18. The minimum absolute atomic E-state index is 0.260. The Balaban J connectivity index is 2.04. The van der Waals surface area contributed by atoms with Gasteiger partial charge in [-0.3, -0.25) is 0 Å². The Hall–Kier alpha value is -0.300. The lowest BCUT2D eigenvalue weighted by Crippen LogP contribution is -2.44. The number of hydrogen-bond acceptors (Lipinski definition) is 1. The van der Waals surface area contributed by atoms with Gasteiger partial charge in [0.15, 0.2) is 0 Å². The first kappa shape index (κ1) is 9.89. The van der Waals surface area contributed by atoms with E-state index >= 15 is 0 Å². The first-order valence-electron chi connectivity index (χ1n) is 6.59. The molecule has 0 aromatic carbocycles. The summed E-state index contributed by atoms with van der Waals surface area (Å²) in [6.07, 6.45) is 10.9. The molecule has 1 nitrogen and oxygen atoms in total. The number of allylic oxidation sites excluding steroid dienone is 1. The zero-order chi connectivity index (χ0) is 10.5. The van der Waals surface area contributed by atoms with Crippen LogP contribution in [0.4, 0.5) is 0 Å². The maximum absolute atomic E-state index is 10.9. The molecule has 2 saturated carbocycles. The highest BCUT2D eigenvalue weighted by molar-refractivity contribution is 5.35. The predicted octanol–water partition coefficient (Wildman–Crippen LogP) is 3.57. The summed E-state index contributed by atoms with van der Waals surface area (Å²) in [6, 6.07) is 0. The summed E-state index contributed by atoms with van der Waals surface area (Å²) < 4.78 is 0. The van der Waals surface area contributed by atoms with E-state index in [2.05, 4.69) is 6.92 Å². The van der Waals surface area contributed by atoms with E-state index in [9.17, 15) is 5.11 Å². The second-order valence-electron chi connectivity index (χ2n) is 5.93. The molecule has 1 spiro atoms. The van der Waals surface area contributed by atoms with Gasteiger partial charge in [-0.25, -0.2) is 0 Å². The molecule has 1 heteroatoms. The van der Waals surface area contributed by atoms with E-state index in [0.29, 0.717) is 0 Å². The molecule has 0 aliphatic heterocycles. The largest absolute Gasteiger partial charge is 0.389 e. The molecular weight excluding hydrogens is 184 g/mol. The van der Waals surface area contributed by atoms with Gasteiger partial charge in [0.1, 0.15) is 0 Å². The molecule has 2 fully saturated rings. The number of hydrogen-bond donors (Lipinski definition) is 1. The average molecular weight is 206 g/mol. The quantitative estimate of drug-likeness (QED) is 0.601. The van der Waals surface area contributed by atoms with Gasteiger partial charge in [0, 0.05) is 5.41 Å². The zero-order valence-electron chi connectivity index (χ0n) is 9.81. The van der Waals surface area contributed by atoms with Gasteiger partial charge in [-0.1, -0.05) is 24.0 Å². The van der Waals surface area contributed by atoms with Crippen molar-refractivity contribution in [3.63, 3.8) is 0 Å². The van der Waals surface area contributed by atoms with E-state index < -0.39 is 0 Å². The summed E-state index contributed by atoms with van der Waals surface area (Å²) in [5.74, 6) is 0. The molecule has 0 heterocycles. The van der Waals surface area contributed by atoms with Gasteiger partial charge in [-0.15, -0.1) is 0 Å². The van der Waals surface area contributed by atoms with Crippen molar-refractivity contribution in [2.45, 2.75) is 70.3 Å². The summed E-state index contributed by atoms with van der Waals surface area (Å²) >= 11 is 0. The predicted molar refractivity (Wildman–Crippen MR) is 61.6 cm³/mol. The minimum atomic E-state index is -0.317. The van der Waals surface area contributed by atoms with Crippen molar-refractivity contribution in [1.82, 2.24) is 0 Å². The van der Waals surface area contributed by atoms with Gasteiger partial charge in [0.2, 0.25) is 0 Å². The van der Waals surface area contributed by atoms with E-state index in [1.54, 1.807) is 11.1 Å². The van der Waals surface area contributed by atoms with E-state index in [0.717, 1.165) is 19.3 Å². The van der Waals surface area contributed by atoms with Crippen molar-refractivity contribution in [3.05, 3.63) is 11.1 Å². The normalized spacial score (nSPS) is 38.8. The second kappa shape index (κ2) is 3.10. The van der Waals surface area contributed by atoms with Gasteiger partial charge >= 0.3 is 0 Å². The highest BCUT2D eigenvalue weighted by Gasteiger charge is 2.61. The van der Waals surface area contributed by atoms with Crippen LogP contribution in [-0.4, -0.2) is 10.7 Å². The van der Waals surface area contributed by atoms with E-state index in [1.807, 2.05) is 0 Å². The molecular formula is C14H22O. The van der Waals surface area contributed by atoms with Gasteiger partial charge in [0.25, 0.3) is 0 Å². The Morgan fingerprint density at radius 3 is 2.47 bits per heavy atom. The molecule has 1 atom stereocenters. The number of rotatable bonds is 0. The molecule has 2 bridgehead atoms. The third kappa shape index (κ3) is 1.25. The van der Waals surface area contributed by atoms with Crippen molar-refractivity contribution in [2.24, 2.45) is 5.41 Å². The van der Waals surface area contributed by atoms with Crippen LogP contribution in [0.25, 0.3) is 0 Å². The zero-order valence-corrected chi connectivity index (χ0v) is 9.81. The van der Waals surface area contributed by atoms with Crippen LogP contribution in [0.3, 0.4) is 0 Å². The second-order valence-corrected chi connectivity index (χ2v) is 5.93. The summed E-state index contributed by atoms with van der Waals surface area (Å²) in [5.41, 5.74) is 3.22. The molecule has 3 aliphatic rings. The van der Waals surface area contributed by atoms with Crippen LogP contribution in [0.15, 0.2) is 11.1 Å². The highest BCUT2D eigenvalue weighted by atomic mass is 16.3. The van der Waals surface area contributed by atoms with E-state index in [1.165, 1.54) is 38.5 Å². The molecule has 3 rings (SSSR count). The van der Waals surface area contributed by atoms with Crippen molar-refractivity contribution in [1.29, 1.82) is 0 Å².